The molecular formula is C12H13Cl2NO4S. The van der Waals surface area contributed by atoms with Gasteiger partial charge in [-0.05, 0) is 24.6 Å². The van der Waals surface area contributed by atoms with E-state index in [4.69, 9.17) is 27.9 Å². The van der Waals surface area contributed by atoms with Gasteiger partial charge in [0.15, 0.2) is 0 Å². The van der Waals surface area contributed by atoms with E-state index in [2.05, 4.69) is 4.72 Å². The minimum Gasteiger partial charge on any atom is -0.462 e. The first-order valence-electron chi connectivity index (χ1n) is 5.80. The number of rotatable bonds is 5. The molecule has 0 amide bonds. The number of hydrogen-bond donors (Lipinski definition) is 1. The highest BCUT2D eigenvalue weighted by Gasteiger charge is 2.52. The van der Waals surface area contributed by atoms with Crippen molar-refractivity contribution in [3.05, 3.63) is 29.8 Å². The highest BCUT2D eigenvalue weighted by atomic mass is 35.5. The van der Waals surface area contributed by atoms with E-state index >= 15 is 0 Å². The molecule has 1 N–H and O–H groups in total. The van der Waals surface area contributed by atoms with Crippen molar-refractivity contribution in [3.8, 4) is 0 Å². The summed E-state index contributed by atoms with van der Waals surface area (Å²) in [5.41, 5.74) is 0.562. The van der Waals surface area contributed by atoms with E-state index in [-0.39, 0.29) is 18.1 Å². The summed E-state index contributed by atoms with van der Waals surface area (Å²) in [6.07, 6.45) is 1.63. The Balaban J connectivity index is 1.98. The Morgan fingerprint density at radius 1 is 1.50 bits per heavy atom. The highest BCUT2D eigenvalue weighted by Crippen LogP contribution is 2.53. The largest absolute Gasteiger partial charge is 0.462 e. The second kappa shape index (κ2) is 5.42. The fourth-order valence-electron chi connectivity index (χ4n) is 1.63. The topological polar surface area (TPSA) is 72.5 Å². The first-order valence-corrected chi connectivity index (χ1v) is 8.45. The molecule has 0 bridgehead atoms. The summed E-state index contributed by atoms with van der Waals surface area (Å²) < 4.78 is 28.8. The normalized spacial score (nSPS) is 20.2. The van der Waals surface area contributed by atoms with Gasteiger partial charge in [-0.2, -0.15) is 0 Å². The zero-order valence-electron chi connectivity index (χ0n) is 10.6. The van der Waals surface area contributed by atoms with Crippen molar-refractivity contribution in [1.29, 1.82) is 0 Å². The molecule has 1 aromatic rings. The van der Waals surface area contributed by atoms with Crippen LogP contribution in [-0.4, -0.2) is 31.6 Å². The van der Waals surface area contributed by atoms with Crippen LogP contribution in [0.25, 0.3) is 0 Å². The molecule has 2 rings (SSSR count). The van der Waals surface area contributed by atoms with Crippen molar-refractivity contribution < 1.29 is 17.9 Å². The minimum atomic E-state index is -3.39. The van der Waals surface area contributed by atoms with Crippen LogP contribution in [0.2, 0.25) is 0 Å². The number of anilines is 1. The number of benzene rings is 1. The lowest BCUT2D eigenvalue weighted by molar-refractivity contribution is 0.0485. The zero-order chi connectivity index (χ0) is 15.0. The molecule has 110 valence electrons. The molecule has 20 heavy (non-hydrogen) atoms. The number of carbonyl (C=O) groups excluding carboxylic acids is 1. The number of halogens is 2. The molecule has 0 spiro atoms. The van der Waals surface area contributed by atoms with Crippen LogP contribution in [0.1, 0.15) is 16.8 Å². The Kier molecular flexibility index (Phi) is 4.18. The average molecular weight is 338 g/mol. The quantitative estimate of drug-likeness (QED) is 0.661. The van der Waals surface area contributed by atoms with Gasteiger partial charge in [-0.15, -0.1) is 23.2 Å². The SMILES string of the molecule is CS(=O)(=O)Nc1cccc(C(=O)OCC2CC2(Cl)Cl)c1. The predicted octanol–water partition coefficient (Wildman–Crippen LogP) is 2.41. The van der Waals surface area contributed by atoms with Gasteiger partial charge in [0, 0.05) is 11.6 Å². The van der Waals surface area contributed by atoms with E-state index in [1.807, 2.05) is 0 Å². The van der Waals surface area contributed by atoms with Crippen molar-refractivity contribution in [2.45, 2.75) is 10.8 Å². The first-order chi connectivity index (χ1) is 9.17. The van der Waals surface area contributed by atoms with Crippen LogP contribution in [0.5, 0.6) is 0 Å². The summed E-state index contributed by atoms with van der Waals surface area (Å²) >= 11 is 11.7. The molecule has 0 saturated heterocycles. The molecule has 5 nitrogen and oxygen atoms in total. The van der Waals surface area contributed by atoms with Gasteiger partial charge < -0.3 is 4.74 Å². The second-order valence-corrected chi connectivity index (χ2v) is 8.01. The third kappa shape index (κ3) is 4.26. The van der Waals surface area contributed by atoms with E-state index in [0.29, 0.717) is 12.1 Å². The third-order valence-electron chi connectivity index (χ3n) is 2.77. The third-order valence-corrected chi connectivity index (χ3v) is 4.31. The molecular weight excluding hydrogens is 325 g/mol. The number of ether oxygens (including phenoxy) is 1. The second-order valence-electron chi connectivity index (χ2n) is 4.72. The summed E-state index contributed by atoms with van der Waals surface area (Å²) in [5, 5.41) is 0. The smallest absolute Gasteiger partial charge is 0.338 e. The lowest BCUT2D eigenvalue weighted by Crippen LogP contribution is -2.12. The molecule has 1 aliphatic carbocycles. The van der Waals surface area contributed by atoms with E-state index < -0.39 is 20.3 Å². The van der Waals surface area contributed by atoms with E-state index in [9.17, 15) is 13.2 Å². The van der Waals surface area contributed by atoms with Gasteiger partial charge in [0.25, 0.3) is 0 Å². The maximum atomic E-state index is 11.8. The van der Waals surface area contributed by atoms with Crippen LogP contribution in [0, 0.1) is 5.92 Å². The Morgan fingerprint density at radius 2 is 2.15 bits per heavy atom. The molecule has 0 aromatic heterocycles. The van der Waals surface area contributed by atoms with Crippen LogP contribution < -0.4 is 4.72 Å². The Labute approximate surface area is 127 Å². The number of esters is 1. The fourth-order valence-corrected chi connectivity index (χ4v) is 2.69. The summed E-state index contributed by atoms with van der Waals surface area (Å²) in [5.74, 6) is -0.592. The lowest BCUT2D eigenvalue weighted by atomic mass is 10.2. The standard InChI is InChI=1S/C12H13Cl2NO4S/c1-20(17,18)15-10-4-2-3-8(5-10)11(16)19-7-9-6-12(9,13)14/h2-5,9,15H,6-7H2,1H3. The molecule has 1 saturated carbocycles. The van der Waals surface area contributed by atoms with Crippen LogP contribution >= 0.6 is 23.2 Å². The molecule has 8 heteroatoms. The van der Waals surface area contributed by atoms with Crippen LogP contribution in [0.15, 0.2) is 24.3 Å². The summed E-state index contributed by atoms with van der Waals surface area (Å²) in [6, 6.07) is 6.05. The molecule has 1 fully saturated rings. The van der Waals surface area contributed by atoms with Gasteiger partial charge in [-0.3, -0.25) is 4.72 Å². The van der Waals surface area contributed by atoms with Crippen molar-refractivity contribution >= 4 is 44.9 Å². The van der Waals surface area contributed by atoms with Gasteiger partial charge >= 0.3 is 5.97 Å². The lowest BCUT2D eigenvalue weighted by Gasteiger charge is -2.07. The van der Waals surface area contributed by atoms with Crippen molar-refractivity contribution in [2.75, 3.05) is 17.6 Å². The number of sulfonamides is 1. The van der Waals surface area contributed by atoms with E-state index in [1.165, 1.54) is 12.1 Å². The van der Waals surface area contributed by atoms with Crippen LogP contribution in [0.4, 0.5) is 5.69 Å². The number of carbonyl (C=O) groups is 1. The van der Waals surface area contributed by atoms with Crippen LogP contribution in [0.3, 0.4) is 0 Å². The van der Waals surface area contributed by atoms with Crippen LogP contribution in [-0.2, 0) is 14.8 Å². The highest BCUT2D eigenvalue weighted by molar-refractivity contribution is 7.92. The van der Waals surface area contributed by atoms with Crippen molar-refractivity contribution in [2.24, 2.45) is 5.92 Å². The van der Waals surface area contributed by atoms with Gasteiger partial charge in [-0.1, -0.05) is 6.07 Å². The maximum absolute atomic E-state index is 11.8. The minimum absolute atomic E-state index is 0.0490. The van der Waals surface area contributed by atoms with Gasteiger partial charge in [-0.25, -0.2) is 13.2 Å². The molecule has 1 unspecified atom stereocenters. The number of hydrogen-bond acceptors (Lipinski definition) is 4. The van der Waals surface area contributed by atoms with Crippen molar-refractivity contribution in [3.63, 3.8) is 0 Å². The summed E-state index contributed by atoms with van der Waals surface area (Å²) in [4.78, 5) is 11.8. The monoisotopic (exact) mass is 337 g/mol. The molecule has 0 radical (unpaired) electrons. The molecule has 0 aliphatic heterocycles. The Bertz CT molecular complexity index is 630. The number of alkyl halides is 2. The molecule has 0 heterocycles. The first kappa shape index (κ1) is 15.4. The van der Waals surface area contributed by atoms with Gasteiger partial charge in [0.05, 0.1) is 18.4 Å². The van der Waals surface area contributed by atoms with Gasteiger partial charge in [0.1, 0.15) is 4.33 Å². The molecule has 1 aliphatic rings. The average Bonchev–Trinajstić information content (AvgIpc) is 2.92. The molecule has 1 aromatic carbocycles. The summed E-state index contributed by atoms with van der Waals surface area (Å²) in [7, 11) is -3.39. The predicted molar refractivity (Wildman–Crippen MR) is 77.7 cm³/mol. The maximum Gasteiger partial charge on any atom is 0.338 e. The summed E-state index contributed by atoms with van der Waals surface area (Å²) in [6.45, 7) is 0.148. The zero-order valence-corrected chi connectivity index (χ0v) is 12.9. The van der Waals surface area contributed by atoms with E-state index in [1.54, 1.807) is 12.1 Å². The van der Waals surface area contributed by atoms with E-state index in [0.717, 1.165) is 6.26 Å². The Hall–Kier alpha value is -0.980. The fraction of sp³-hybridized carbons (Fsp3) is 0.417. The molecule has 1 atom stereocenters. The Morgan fingerprint density at radius 3 is 2.70 bits per heavy atom. The van der Waals surface area contributed by atoms with Gasteiger partial charge in [0.2, 0.25) is 10.0 Å². The van der Waals surface area contributed by atoms with Crippen molar-refractivity contribution in [1.82, 2.24) is 0 Å². The number of nitrogens with one attached hydrogen (secondary N) is 1.